The Bertz CT molecular complexity index is 892. The van der Waals surface area contributed by atoms with Crippen LogP contribution in [0.1, 0.15) is 97.0 Å². The molecule has 1 aromatic carbocycles. The number of carbonyl (C=O) groups excluding carboxylic acids is 1. The van der Waals surface area contributed by atoms with Crippen LogP contribution < -0.4 is 10.6 Å². The van der Waals surface area contributed by atoms with Gasteiger partial charge < -0.3 is 34.7 Å². The second-order valence-electron chi connectivity index (χ2n) is 11.3. The van der Waals surface area contributed by atoms with Gasteiger partial charge in [0.25, 0.3) is 0 Å². The van der Waals surface area contributed by atoms with Crippen molar-refractivity contribution in [3.8, 4) is 0 Å². The predicted molar refractivity (Wildman–Crippen MR) is 150 cm³/mol. The number of nitrogens with one attached hydrogen (secondary N) is 2. The maximum atomic E-state index is 12.8. The number of ether oxygens (including phenoxy) is 4. The maximum absolute atomic E-state index is 12.8. The molecule has 2 aliphatic rings. The van der Waals surface area contributed by atoms with Crippen molar-refractivity contribution in [2.75, 3.05) is 11.9 Å². The van der Waals surface area contributed by atoms with E-state index in [-0.39, 0.29) is 6.42 Å². The number of unbranched alkanes of at least 4 members (excludes halogenated alkanes) is 9. The number of carboxylic acid groups (broad SMARTS) is 1. The summed E-state index contributed by atoms with van der Waals surface area (Å²) >= 11 is 0. The van der Waals surface area contributed by atoms with E-state index < -0.39 is 48.4 Å². The minimum atomic E-state index is -1.05. The Morgan fingerprint density at radius 3 is 2.15 bits per heavy atom. The quantitative estimate of drug-likeness (QED) is 0.200. The van der Waals surface area contributed by atoms with Gasteiger partial charge in [0, 0.05) is 12.3 Å². The van der Waals surface area contributed by atoms with E-state index in [2.05, 4.69) is 17.6 Å². The SMILES string of the molecule is CCCCCCCCCCCCO[C@H]1O[C@H]([C@@H](CC(=O)O)NC(=O)Nc2ccc(C)cc2)[C@@H]2OC(C)(C)O[C@H]12. The number of aryl methyl sites for hydroxylation is 1. The van der Waals surface area contributed by atoms with Crippen LogP contribution in [0.15, 0.2) is 24.3 Å². The molecule has 0 aromatic heterocycles. The molecule has 5 atom stereocenters. The highest BCUT2D eigenvalue weighted by molar-refractivity contribution is 5.89. The van der Waals surface area contributed by atoms with Crippen molar-refractivity contribution < 1.29 is 33.6 Å². The van der Waals surface area contributed by atoms with Gasteiger partial charge in [-0.15, -0.1) is 0 Å². The van der Waals surface area contributed by atoms with Gasteiger partial charge in [-0.2, -0.15) is 0 Å². The zero-order valence-corrected chi connectivity index (χ0v) is 24.1. The fourth-order valence-corrected chi connectivity index (χ4v) is 5.25. The lowest BCUT2D eigenvalue weighted by Crippen LogP contribution is -2.51. The van der Waals surface area contributed by atoms with E-state index >= 15 is 0 Å². The third-order valence-electron chi connectivity index (χ3n) is 7.24. The largest absolute Gasteiger partial charge is 0.481 e. The summed E-state index contributed by atoms with van der Waals surface area (Å²) < 4.78 is 24.4. The van der Waals surface area contributed by atoms with Crippen LogP contribution in [-0.4, -0.2) is 60.1 Å². The van der Waals surface area contributed by atoms with Gasteiger partial charge in [0.2, 0.25) is 0 Å². The van der Waals surface area contributed by atoms with Gasteiger partial charge in [0.1, 0.15) is 18.3 Å². The van der Waals surface area contributed by atoms with Crippen LogP contribution in [0.2, 0.25) is 0 Å². The van der Waals surface area contributed by atoms with Crippen LogP contribution in [0.25, 0.3) is 0 Å². The van der Waals surface area contributed by atoms with Gasteiger partial charge >= 0.3 is 12.0 Å². The predicted octanol–water partition coefficient (Wildman–Crippen LogP) is 6.14. The Morgan fingerprint density at radius 2 is 1.54 bits per heavy atom. The lowest BCUT2D eigenvalue weighted by molar-refractivity contribution is -0.236. The first-order valence-corrected chi connectivity index (χ1v) is 14.7. The number of benzene rings is 1. The Morgan fingerprint density at radius 1 is 0.949 bits per heavy atom. The van der Waals surface area contributed by atoms with Crippen molar-refractivity contribution in [1.82, 2.24) is 5.32 Å². The minimum absolute atomic E-state index is 0.329. The monoisotopic (exact) mass is 548 g/mol. The molecule has 220 valence electrons. The molecular weight excluding hydrogens is 500 g/mol. The third kappa shape index (κ3) is 10.4. The number of amides is 2. The summed E-state index contributed by atoms with van der Waals surface area (Å²) in [5.74, 6) is -1.92. The molecule has 0 radical (unpaired) electrons. The molecule has 0 spiro atoms. The molecule has 1 aromatic rings. The molecule has 9 heteroatoms. The molecule has 3 N–H and O–H groups in total. The van der Waals surface area contributed by atoms with Crippen molar-refractivity contribution in [3.63, 3.8) is 0 Å². The maximum Gasteiger partial charge on any atom is 0.319 e. The Labute approximate surface area is 233 Å². The van der Waals surface area contributed by atoms with Crippen molar-refractivity contribution in [2.24, 2.45) is 0 Å². The Hall–Kier alpha value is -2.20. The number of urea groups is 1. The molecule has 2 heterocycles. The Kier molecular flexibility index (Phi) is 12.5. The fraction of sp³-hybridized carbons (Fsp3) is 0.733. The van der Waals surface area contributed by atoms with Crippen molar-refractivity contribution in [2.45, 2.75) is 135 Å². The van der Waals surface area contributed by atoms with E-state index in [0.717, 1.165) is 18.4 Å². The third-order valence-corrected chi connectivity index (χ3v) is 7.24. The molecule has 0 saturated carbocycles. The number of carbonyl (C=O) groups is 2. The summed E-state index contributed by atoms with van der Waals surface area (Å²) in [5.41, 5.74) is 1.68. The molecule has 9 nitrogen and oxygen atoms in total. The van der Waals surface area contributed by atoms with E-state index in [9.17, 15) is 14.7 Å². The van der Waals surface area contributed by atoms with E-state index in [1.807, 2.05) is 32.9 Å². The second kappa shape index (κ2) is 15.6. The summed E-state index contributed by atoms with van der Waals surface area (Å²) in [6.45, 7) is 8.34. The molecule has 0 unspecified atom stereocenters. The summed E-state index contributed by atoms with van der Waals surface area (Å²) in [5, 5.41) is 15.1. The number of rotatable bonds is 17. The normalized spacial score (nSPS) is 24.3. The lowest BCUT2D eigenvalue weighted by Gasteiger charge is -2.29. The molecule has 3 rings (SSSR count). The number of hydrogen-bond donors (Lipinski definition) is 3. The molecule has 0 bridgehead atoms. The van der Waals surface area contributed by atoms with Crippen molar-refractivity contribution in [3.05, 3.63) is 29.8 Å². The van der Waals surface area contributed by atoms with Gasteiger partial charge in [-0.1, -0.05) is 82.4 Å². The highest BCUT2D eigenvalue weighted by Crippen LogP contribution is 2.40. The molecule has 2 amide bonds. The second-order valence-corrected chi connectivity index (χ2v) is 11.3. The standard InChI is InChI=1S/C30H48N2O7/c1-5-6-7-8-9-10-11-12-13-14-19-36-28-27-26(38-30(3,4)39-27)25(37-28)23(20-24(33)34)32-29(35)31-22-17-15-21(2)16-18-22/h15-18,23,25-28H,5-14,19-20H2,1-4H3,(H,33,34)(H2,31,32,35)/t23-,25-,26+,27+,28+/m1/s1. The lowest BCUT2D eigenvalue weighted by atomic mass is 10.0. The first kappa shape index (κ1) is 31.3. The van der Waals surface area contributed by atoms with Crippen LogP contribution >= 0.6 is 0 Å². The number of carboxylic acids is 1. The van der Waals surface area contributed by atoms with E-state index in [1.165, 1.54) is 51.4 Å². The number of hydrogen-bond acceptors (Lipinski definition) is 6. The number of aliphatic carboxylic acids is 1. The zero-order chi connectivity index (χ0) is 28.3. The highest BCUT2D eigenvalue weighted by Gasteiger charge is 2.58. The average molecular weight is 549 g/mol. The fourth-order valence-electron chi connectivity index (χ4n) is 5.25. The van der Waals surface area contributed by atoms with Gasteiger partial charge in [0.15, 0.2) is 12.1 Å². The van der Waals surface area contributed by atoms with Crippen molar-refractivity contribution >= 4 is 17.7 Å². The topological polar surface area (TPSA) is 115 Å². The van der Waals surface area contributed by atoms with E-state index in [0.29, 0.717) is 12.3 Å². The first-order valence-electron chi connectivity index (χ1n) is 14.7. The first-order chi connectivity index (χ1) is 18.7. The highest BCUT2D eigenvalue weighted by atomic mass is 16.8. The molecule has 39 heavy (non-hydrogen) atoms. The van der Waals surface area contributed by atoms with Crippen LogP contribution in [0.3, 0.4) is 0 Å². The Balaban J connectivity index is 1.50. The summed E-state index contributed by atoms with van der Waals surface area (Å²) in [6.07, 6.45) is 9.50. The van der Waals surface area contributed by atoms with E-state index in [4.69, 9.17) is 18.9 Å². The molecule has 0 aliphatic carbocycles. The van der Waals surface area contributed by atoms with E-state index in [1.54, 1.807) is 12.1 Å². The smallest absolute Gasteiger partial charge is 0.319 e. The van der Waals surface area contributed by atoms with Gasteiger partial charge in [-0.25, -0.2) is 4.79 Å². The van der Waals surface area contributed by atoms with Crippen LogP contribution in [0.5, 0.6) is 0 Å². The summed E-state index contributed by atoms with van der Waals surface area (Å²) in [6, 6.07) is 5.99. The van der Waals surface area contributed by atoms with Crippen LogP contribution in [0, 0.1) is 6.92 Å². The summed E-state index contributed by atoms with van der Waals surface area (Å²) in [4.78, 5) is 24.5. The minimum Gasteiger partial charge on any atom is -0.481 e. The summed E-state index contributed by atoms with van der Waals surface area (Å²) in [7, 11) is 0. The molecule has 2 aliphatic heterocycles. The van der Waals surface area contributed by atoms with Crippen LogP contribution in [0.4, 0.5) is 10.5 Å². The number of anilines is 1. The molecular formula is C30H48N2O7. The molecule has 2 fully saturated rings. The van der Waals surface area contributed by atoms with Crippen LogP contribution in [-0.2, 0) is 23.7 Å². The number of fused-ring (bicyclic) bond motifs is 1. The van der Waals surface area contributed by atoms with Crippen molar-refractivity contribution in [1.29, 1.82) is 0 Å². The average Bonchev–Trinajstić information content (AvgIpc) is 3.36. The van der Waals surface area contributed by atoms with Gasteiger partial charge in [-0.3, -0.25) is 4.79 Å². The zero-order valence-electron chi connectivity index (χ0n) is 24.1. The molecule has 2 saturated heterocycles. The van der Waals surface area contributed by atoms with Gasteiger partial charge in [-0.05, 0) is 39.3 Å². The van der Waals surface area contributed by atoms with Gasteiger partial charge in [0.05, 0.1) is 12.5 Å².